The number of rotatable bonds is 7. The zero-order chi connectivity index (χ0) is 14.3. The molecule has 19 heavy (non-hydrogen) atoms. The van der Waals surface area contributed by atoms with Crippen molar-refractivity contribution in [3.05, 3.63) is 23.8 Å². The molecule has 5 heteroatoms. The first-order chi connectivity index (χ1) is 9.10. The van der Waals surface area contributed by atoms with Gasteiger partial charge in [0.05, 0.1) is 14.2 Å². The van der Waals surface area contributed by atoms with Gasteiger partial charge in [0.15, 0.2) is 0 Å². The molecule has 106 valence electrons. The summed E-state index contributed by atoms with van der Waals surface area (Å²) in [5, 5.41) is 2.97. The molecule has 0 aliphatic carbocycles. The number of amides is 1. The van der Waals surface area contributed by atoms with Gasteiger partial charge in [-0.3, -0.25) is 4.79 Å². The highest BCUT2D eigenvalue weighted by Crippen LogP contribution is 2.23. The summed E-state index contributed by atoms with van der Waals surface area (Å²) < 4.78 is 10.4. The summed E-state index contributed by atoms with van der Waals surface area (Å²) in [6.45, 7) is 1.22. The number of benzene rings is 1. The molecule has 0 fully saturated rings. The first-order valence-electron chi connectivity index (χ1n) is 6.21. The van der Waals surface area contributed by atoms with Crippen LogP contribution in [0.25, 0.3) is 0 Å². The Morgan fingerprint density at radius 3 is 2.26 bits per heavy atom. The first-order valence-corrected chi connectivity index (χ1v) is 6.21. The number of nitrogens with zero attached hydrogens (tertiary/aromatic N) is 1. The van der Waals surface area contributed by atoms with Gasteiger partial charge in [0.25, 0.3) is 0 Å². The predicted molar refractivity (Wildman–Crippen MR) is 74.6 cm³/mol. The Kier molecular flexibility index (Phi) is 6.15. The average Bonchev–Trinajstić information content (AvgIpc) is 2.43. The summed E-state index contributed by atoms with van der Waals surface area (Å²) in [5.74, 6) is 1.56. The van der Waals surface area contributed by atoms with E-state index in [1.54, 1.807) is 26.2 Å². The van der Waals surface area contributed by atoms with Gasteiger partial charge in [0.2, 0.25) is 5.91 Å². The van der Waals surface area contributed by atoms with Gasteiger partial charge in [0.1, 0.15) is 11.5 Å². The van der Waals surface area contributed by atoms with Crippen molar-refractivity contribution in [1.82, 2.24) is 10.2 Å². The second-order valence-corrected chi connectivity index (χ2v) is 4.32. The third-order valence-electron chi connectivity index (χ3n) is 2.85. The molecule has 0 aromatic heterocycles. The van der Waals surface area contributed by atoms with Crippen LogP contribution >= 0.6 is 0 Å². The number of methoxy groups -OCH3 is 2. The molecule has 5 nitrogen and oxygen atoms in total. The number of hydrogen-bond acceptors (Lipinski definition) is 4. The highest BCUT2D eigenvalue weighted by Gasteiger charge is 2.10. The van der Waals surface area contributed by atoms with E-state index in [4.69, 9.17) is 9.47 Å². The minimum Gasteiger partial charge on any atom is -0.497 e. The molecule has 0 atom stereocenters. The van der Waals surface area contributed by atoms with E-state index in [0.29, 0.717) is 19.5 Å². The molecule has 1 aromatic carbocycles. The molecule has 0 unspecified atom stereocenters. The lowest BCUT2D eigenvalue weighted by Crippen LogP contribution is -2.28. The number of ether oxygens (including phenoxy) is 2. The molecular weight excluding hydrogens is 244 g/mol. The Morgan fingerprint density at radius 1 is 1.21 bits per heavy atom. The van der Waals surface area contributed by atoms with E-state index >= 15 is 0 Å². The molecular formula is C14H22N2O3. The molecule has 1 amide bonds. The number of hydrogen-bond donors (Lipinski definition) is 1. The van der Waals surface area contributed by atoms with E-state index in [1.165, 1.54) is 0 Å². The topological polar surface area (TPSA) is 50.8 Å². The summed E-state index contributed by atoms with van der Waals surface area (Å²) in [5.41, 5.74) is 0.983. The molecule has 0 aliphatic rings. The predicted octanol–water partition coefficient (Wildman–Crippen LogP) is 1.27. The first kappa shape index (κ1) is 15.3. The monoisotopic (exact) mass is 266 g/mol. The van der Waals surface area contributed by atoms with Crippen molar-refractivity contribution in [2.45, 2.75) is 13.0 Å². The molecule has 0 saturated carbocycles. The molecule has 1 N–H and O–H groups in total. The lowest BCUT2D eigenvalue weighted by molar-refractivity contribution is -0.130. The molecule has 1 aromatic rings. The summed E-state index contributed by atoms with van der Waals surface area (Å²) in [6, 6.07) is 5.63. The van der Waals surface area contributed by atoms with Crippen LogP contribution in [0.3, 0.4) is 0 Å². The van der Waals surface area contributed by atoms with Crippen molar-refractivity contribution < 1.29 is 14.3 Å². The Bertz CT molecular complexity index is 399. The van der Waals surface area contributed by atoms with Crippen LogP contribution < -0.4 is 14.8 Å². The van der Waals surface area contributed by atoms with Crippen LogP contribution in [0.4, 0.5) is 0 Å². The zero-order valence-corrected chi connectivity index (χ0v) is 12.0. The van der Waals surface area contributed by atoms with E-state index in [1.807, 2.05) is 25.2 Å². The van der Waals surface area contributed by atoms with Crippen LogP contribution in [-0.4, -0.2) is 45.7 Å². The van der Waals surface area contributed by atoms with Gasteiger partial charge in [-0.25, -0.2) is 0 Å². The largest absolute Gasteiger partial charge is 0.497 e. The average molecular weight is 266 g/mol. The molecule has 0 aliphatic heterocycles. The summed E-state index contributed by atoms with van der Waals surface area (Å²) >= 11 is 0. The van der Waals surface area contributed by atoms with Gasteiger partial charge in [-0.05, 0) is 24.7 Å². The summed E-state index contributed by atoms with van der Waals surface area (Å²) in [4.78, 5) is 13.5. The minimum absolute atomic E-state index is 0.108. The Hall–Kier alpha value is -1.75. The number of carbonyl (C=O) groups is 1. The molecule has 0 saturated heterocycles. The van der Waals surface area contributed by atoms with Gasteiger partial charge in [-0.1, -0.05) is 0 Å². The Morgan fingerprint density at radius 2 is 1.79 bits per heavy atom. The van der Waals surface area contributed by atoms with Gasteiger partial charge >= 0.3 is 0 Å². The van der Waals surface area contributed by atoms with Crippen molar-refractivity contribution in [2.75, 3.05) is 34.9 Å². The van der Waals surface area contributed by atoms with Crippen molar-refractivity contribution in [3.63, 3.8) is 0 Å². The second kappa shape index (κ2) is 7.63. The summed E-state index contributed by atoms with van der Waals surface area (Å²) in [7, 11) is 6.85. The van der Waals surface area contributed by atoms with E-state index in [9.17, 15) is 4.79 Å². The van der Waals surface area contributed by atoms with Crippen molar-refractivity contribution in [1.29, 1.82) is 0 Å². The third-order valence-corrected chi connectivity index (χ3v) is 2.85. The lowest BCUT2D eigenvalue weighted by Gasteiger charge is -2.18. The highest BCUT2D eigenvalue weighted by molar-refractivity contribution is 5.76. The normalized spacial score (nSPS) is 10.1. The quantitative estimate of drug-likeness (QED) is 0.807. The van der Waals surface area contributed by atoms with Crippen molar-refractivity contribution in [2.24, 2.45) is 0 Å². The fraction of sp³-hybridized carbons (Fsp3) is 0.500. The smallest absolute Gasteiger partial charge is 0.223 e. The van der Waals surface area contributed by atoms with Crippen LogP contribution in [0.5, 0.6) is 11.5 Å². The molecule has 0 heterocycles. The van der Waals surface area contributed by atoms with E-state index < -0.39 is 0 Å². The fourth-order valence-corrected chi connectivity index (χ4v) is 1.74. The van der Waals surface area contributed by atoms with Crippen LogP contribution in [0.15, 0.2) is 18.2 Å². The summed E-state index contributed by atoms with van der Waals surface area (Å²) in [6.07, 6.45) is 0.494. The highest BCUT2D eigenvalue weighted by atomic mass is 16.5. The maximum absolute atomic E-state index is 11.8. The maximum Gasteiger partial charge on any atom is 0.223 e. The van der Waals surface area contributed by atoms with E-state index in [0.717, 1.165) is 17.1 Å². The van der Waals surface area contributed by atoms with Crippen LogP contribution in [0, 0.1) is 0 Å². The van der Waals surface area contributed by atoms with Gasteiger partial charge < -0.3 is 19.7 Å². The Labute approximate surface area is 114 Å². The molecule has 1 rings (SSSR count). The van der Waals surface area contributed by atoms with Crippen molar-refractivity contribution in [3.8, 4) is 11.5 Å². The van der Waals surface area contributed by atoms with Crippen molar-refractivity contribution >= 4 is 5.91 Å². The van der Waals surface area contributed by atoms with Crippen LogP contribution in [0.2, 0.25) is 0 Å². The second-order valence-electron chi connectivity index (χ2n) is 4.32. The van der Waals surface area contributed by atoms with Gasteiger partial charge in [0, 0.05) is 32.6 Å². The maximum atomic E-state index is 11.8. The van der Waals surface area contributed by atoms with E-state index in [-0.39, 0.29) is 5.91 Å². The fourth-order valence-electron chi connectivity index (χ4n) is 1.74. The number of carbonyl (C=O) groups excluding carboxylic acids is 1. The SMILES string of the molecule is CNCCC(=O)N(C)Cc1cc(OC)cc(OC)c1. The van der Waals surface area contributed by atoms with Gasteiger partial charge in [-0.2, -0.15) is 0 Å². The van der Waals surface area contributed by atoms with E-state index in [2.05, 4.69) is 5.32 Å². The molecule has 0 spiro atoms. The third kappa shape index (κ3) is 4.79. The molecule has 0 bridgehead atoms. The molecule has 0 radical (unpaired) electrons. The van der Waals surface area contributed by atoms with Crippen LogP contribution in [-0.2, 0) is 11.3 Å². The standard InChI is InChI=1S/C14H22N2O3/c1-15-6-5-14(17)16(2)10-11-7-12(18-3)9-13(8-11)19-4/h7-9,15H,5-6,10H2,1-4H3. The minimum atomic E-state index is 0.108. The van der Waals surface area contributed by atoms with Gasteiger partial charge in [-0.15, -0.1) is 0 Å². The zero-order valence-electron chi connectivity index (χ0n) is 12.0. The lowest BCUT2D eigenvalue weighted by atomic mass is 10.2. The number of nitrogens with one attached hydrogen (secondary N) is 1. The Balaban J connectivity index is 2.72. The van der Waals surface area contributed by atoms with Crippen LogP contribution in [0.1, 0.15) is 12.0 Å².